The first kappa shape index (κ1) is 16.6. The van der Waals surface area contributed by atoms with Gasteiger partial charge in [0.05, 0.1) is 0 Å². The minimum absolute atomic E-state index is 0.0363. The fourth-order valence-corrected chi connectivity index (χ4v) is 6.73. The van der Waals surface area contributed by atoms with Crippen LogP contribution < -0.4 is 9.36 Å². The first-order valence-corrected chi connectivity index (χ1v) is 10.6. The second-order valence-electron chi connectivity index (χ2n) is 7.09. The van der Waals surface area contributed by atoms with Gasteiger partial charge >= 0.3 is 163 Å². The Hall–Kier alpha value is -2.56. The topological polar surface area (TPSA) is 66.8 Å². The maximum atomic E-state index is 12.2. The maximum absolute atomic E-state index is 12.2. The molecule has 27 heavy (non-hydrogen) atoms. The molecular weight excluding hydrogens is 409 g/mol. The van der Waals surface area contributed by atoms with E-state index in [1.54, 1.807) is 6.08 Å². The number of aliphatic carboxylic acids is 1. The fraction of sp³-hybridized carbons (Fsp3) is 0.238. The number of rotatable bonds is 2. The van der Waals surface area contributed by atoms with Crippen LogP contribution in [0.25, 0.3) is 0 Å². The van der Waals surface area contributed by atoms with E-state index in [-0.39, 0.29) is 33.3 Å². The number of ether oxygens (including phenoxy) is 1. The number of benzene rings is 1. The standard InChI is InChI=1S/C21H17NO4Se/c1-11-2-3-15-19(6-11)27-21-14-8-13-7-12(9-20(24)25)16(23)10-18(13)26-17(14)4-5-22(15)21/h2-3,6-8,10,17H,4-5,9H2,1H3,(H,24,25). The Morgan fingerprint density at radius 3 is 3.00 bits per heavy atom. The number of hydrogen-bond donors (Lipinski definition) is 1. The van der Waals surface area contributed by atoms with E-state index in [1.165, 1.54) is 32.0 Å². The van der Waals surface area contributed by atoms with E-state index in [4.69, 9.17) is 9.84 Å². The average Bonchev–Trinajstić information content (AvgIpc) is 2.98. The zero-order chi connectivity index (χ0) is 18.7. The Kier molecular flexibility index (Phi) is 3.67. The van der Waals surface area contributed by atoms with Crippen molar-refractivity contribution in [3.05, 3.63) is 69.1 Å². The molecule has 4 aliphatic rings. The van der Waals surface area contributed by atoms with Crippen molar-refractivity contribution in [2.24, 2.45) is 0 Å². The van der Waals surface area contributed by atoms with Crippen molar-refractivity contribution < 1.29 is 19.4 Å². The summed E-state index contributed by atoms with van der Waals surface area (Å²) in [4.78, 5) is 25.6. The van der Waals surface area contributed by atoms with Crippen molar-refractivity contribution in [3.8, 4) is 0 Å². The average molecular weight is 426 g/mol. The van der Waals surface area contributed by atoms with Crippen LogP contribution >= 0.6 is 0 Å². The Morgan fingerprint density at radius 2 is 2.19 bits per heavy atom. The Balaban J connectivity index is 1.59. The summed E-state index contributed by atoms with van der Waals surface area (Å²) < 4.78 is 8.86. The molecule has 0 aromatic heterocycles. The van der Waals surface area contributed by atoms with Crippen LogP contribution in [0.4, 0.5) is 5.69 Å². The summed E-state index contributed by atoms with van der Waals surface area (Å²) in [7, 11) is 0. The van der Waals surface area contributed by atoms with E-state index >= 15 is 0 Å². The molecule has 0 radical (unpaired) electrons. The van der Waals surface area contributed by atoms with E-state index < -0.39 is 5.97 Å². The molecule has 5 rings (SSSR count). The fourth-order valence-electron chi connectivity index (χ4n) is 3.91. The van der Waals surface area contributed by atoms with Crippen molar-refractivity contribution in [1.29, 1.82) is 0 Å². The van der Waals surface area contributed by atoms with Crippen LogP contribution in [0.3, 0.4) is 0 Å². The second-order valence-corrected chi connectivity index (χ2v) is 9.26. The first-order valence-electron chi connectivity index (χ1n) is 8.87. The van der Waals surface area contributed by atoms with Gasteiger partial charge in [0.2, 0.25) is 0 Å². The number of nitrogens with zero attached hydrogens (tertiary/aromatic N) is 1. The van der Waals surface area contributed by atoms with Crippen LogP contribution in [0.2, 0.25) is 0 Å². The third kappa shape index (κ3) is 2.68. The van der Waals surface area contributed by atoms with E-state index in [9.17, 15) is 9.59 Å². The number of fused-ring (bicyclic) bond motifs is 5. The molecule has 3 heterocycles. The SMILES string of the molecule is Cc1ccc2c(c1)[Se]C1=C3C=C4C=C(CC(=O)O)C(=O)C=C4OC3CCN12. The summed E-state index contributed by atoms with van der Waals surface area (Å²) in [6.45, 7) is 3.02. The molecule has 1 N–H and O–H groups in total. The van der Waals surface area contributed by atoms with Crippen LogP contribution in [0, 0.1) is 6.92 Å². The number of carboxylic acid groups (broad SMARTS) is 1. The van der Waals surface area contributed by atoms with Crippen molar-refractivity contribution in [2.75, 3.05) is 11.4 Å². The molecule has 0 amide bonds. The van der Waals surface area contributed by atoms with E-state index in [2.05, 4.69) is 36.1 Å². The van der Waals surface area contributed by atoms with Gasteiger partial charge in [-0.15, -0.1) is 0 Å². The van der Waals surface area contributed by atoms with Crippen LogP contribution in [-0.4, -0.2) is 44.5 Å². The third-order valence-electron chi connectivity index (χ3n) is 5.18. The number of allylic oxidation sites excluding steroid dienone is 2. The van der Waals surface area contributed by atoms with Crippen molar-refractivity contribution >= 4 is 36.9 Å². The van der Waals surface area contributed by atoms with Gasteiger partial charge in [-0.2, -0.15) is 0 Å². The Bertz CT molecular complexity index is 1030. The van der Waals surface area contributed by atoms with Crippen LogP contribution in [0.1, 0.15) is 18.4 Å². The molecule has 5 nitrogen and oxygen atoms in total. The van der Waals surface area contributed by atoms with Gasteiger partial charge in [-0.1, -0.05) is 0 Å². The van der Waals surface area contributed by atoms with Crippen LogP contribution in [0.15, 0.2) is 63.5 Å². The second kappa shape index (κ2) is 5.98. The number of hydrogen-bond acceptors (Lipinski definition) is 4. The predicted molar refractivity (Wildman–Crippen MR) is 102 cm³/mol. The van der Waals surface area contributed by atoms with E-state index in [0.29, 0.717) is 11.3 Å². The van der Waals surface area contributed by atoms with E-state index in [0.717, 1.165) is 18.5 Å². The minimum atomic E-state index is -1.00. The van der Waals surface area contributed by atoms with Gasteiger partial charge in [0.1, 0.15) is 0 Å². The molecule has 1 aromatic carbocycles. The molecule has 0 spiro atoms. The molecule has 3 aliphatic heterocycles. The normalized spacial score (nSPS) is 22.7. The summed E-state index contributed by atoms with van der Waals surface area (Å²) in [5.74, 6) is -0.709. The van der Waals surface area contributed by atoms with Gasteiger partial charge in [0.15, 0.2) is 0 Å². The quantitative estimate of drug-likeness (QED) is 0.733. The number of carboxylic acids is 1. The molecule has 1 aliphatic carbocycles. The molecule has 6 heteroatoms. The zero-order valence-electron chi connectivity index (χ0n) is 14.7. The molecule has 0 saturated heterocycles. The van der Waals surface area contributed by atoms with Crippen LogP contribution in [-0.2, 0) is 14.3 Å². The van der Waals surface area contributed by atoms with E-state index in [1.807, 2.05) is 0 Å². The third-order valence-corrected chi connectivity index (χ3v) is 7.69. The monoisotopic (exact) mass is 427 g/mol. The van der Waals surface area contributed by atoms with Gasteiger partial charge in [-0.3, -0.25) is 0 Å². The number of aryl methyl sites for hydroxylation is 1. The molecule has 0 bridgehead atoms. The molecule has 1 aromatic rings. The summed E-state index contributed by atoms with van der Waals surface area (Å²) in [5, 5.41) is 9.03. The molecule has 0 fully saturated rings. The molecule has 1 unspecified atom stereocenters. The zero-order valence-corrected chi connectivity index (χ0v) is 16.4. The van der Waals surface area contributed by atoms with Gasteiger partial charge < -0.3 is 0 Å². The van der Waals surface area contributed by atoms with Crippen molar-refractivity contribution in [2.45, 2.75) is 25.9 Å². The summed E-state index contributed by atoms with van der Waals surface area (Å²) in [6, 6.07) is 6.62. The first-order chi connectivity index (χ1) is 13.0. The van der Waals surface area contributed by atoms with Crippen LogP contribution in [0.5, 0.6) is 0 Å². The summed E-state index contributed by atoms with van der Waals surface area (Å²) in [5.41, 5.74) is 4.83. The number of carbonyl (C=O) groups excluding carboxylic acids is 1. The number of ketones is 1. The molecular formula is C21H17NO4Se. The Labute approximate surface area is 162 Å². The van der Waals surface area contributed by atoms with Gasteiger partial charge in [0.25, 0.3) is 0 Å². The Morgan fingerprint density at radius 1 is 1.33 bits per heavy atom. The van der Waals surface area contributed by atoms with Crippen molar-refractivity contribution in [3.63, 3.8) is 0 Å². The molecule has 136 valence electrons. The summed E-state index contributed by atoms with van der Waals surface area (Å²) >= 11 is 0.217. The van der Waals surface area contributed by atoms with Gasteiger partial charge in [-0.05, 0) is 0 Å². The predicted octanol–water partition coefficient (Wildman–Crippen LogP) is 1.95. The van der Waals surface area contributed by atoms with Gasteiger partial charge in [-0.25, -0.2) is 0 Å². The number of anilines is 1. The molecule has 1 atom stereocenters. The summed E-state index contributed by atoms with van der Waals surface area (Å²) in [6.07, 6.45) is 5.77. The molecule has 0 saturated carbocycles. The number of carbonyl (C=O) groups is 2. The van der Waals surface area contributed by atoms with Gasteiger partial charge in [0, 0.05) is 0 Å². The van der Waals surface area contributed by atoms with Crippen molar-refractivity contribution in [1.82, 2.24) is 0 Å².